The molecular weight excluding hydrogens is 387 g/mol. The van der Waals surface area contributed by atoms with E-state index >= 15 is 0 Å². The topological polar surface area (TPSA) is 0 Å². The first-order valence-electron chi connectivity index (χ1n) is 3.65. The van der Waals surface area contributed by atoms with Gasteiger partial charge in [-0.25, -0.2) is 0 Å². The Hall–Kier alpha value is 2.53. The molecule has 0 bridgehead atoms. The fourth-order valence-corrected chi connectivity index (χ4v) is 0.976. The van der Waals surface area contributed by atoms with Gasteiger partial charge in [-0.15, -0.1) is 6.42 Å². The van der Waals surface area contributed by atoms with Gasteiger partial charge in [-0.05, 0) is 0 Å². The van der Waals surface area contributed by atoms with Crippen LogP contribution in [0.4, 0.5) is 0 Å². The van der Waals surface area contributed by atoms with Crippen molar-refractivity contribution in [2.24, 2.45) is 5.92 Å². The van der Waals surface area contributed by atoms with Crippen molar-refractivity contribution in [3.63, 3.8) is 0 Å². The van der Waals surface area contributed by atoms with E-state index in [0.717, 1.165) is 12.3 Å². The molecule has 0 amide bonds. The summed E-state index contributed by atoms with van der Waals surface area (Å²) in [5.74, 6) is 0.726. The van der Waals surface area contributed by atoms with Crippen molar-refractivity contribution < 1.29 is 98.1 Å². The molecule has 1 rings (SSSR count). The molecule has 63 valence electrons. The average Bonchev–Trinajstić information content (AvgIpc) is 1.88. The molecule has 0 saturated heterocycles. The van der Waals surface area contributed by atoms with Crippen molar-refractivity contribution in [1.82, 2.24) is 0 Å². The molecule has 0 fully saturated rings. The predicted molar refractivity (Wildman–Crippen MR) is 42.7 cm³/mol. The summed E-state index contributed by atoms with van der Waals surface area (Å²) >= 11 is 0. The van der Waals surface area contributed by atoms with E-state index in [1.165, 1.54) is 5.56 Å². The molecule has 0 spiro atoms. The van der Waals surface area contributed by atoms with Crippen LogP contribution in [0.3, 0.4) is 0 Å². The third-order valence-electron chi connectivity index (χ3n) is 1.35. The third-order valence-corrected chi connectivity index (χ3v) is 1.35. The standard InChI is InChI=1S/C10H12.3Y/c1-9(2)8-10-6-4-3-5-7-10;;;/h3,6-7,9H,8H2,1-2H3;;;/q-2;;;. The first-order chi connectivity index (χ1) is 4.79. The van der Waals surface area contributed by atoms with Crippen molar-refractivity contribution >= 4 is 0 Å². The Morgan fingerprint density at radius 1 is 1.08 bits per heavy atom. The van der Waals surface area contributed by atoms with E-state index in [9.17, 15) is 0 Å². The van der Waals surface area contributed by atoms with Crippen LogP contribution in [-0.2, 0) is 105 Å². The zero-order valence-corrected chi connectivity index (χ0v) is 16.8. The Labute approximate surface area is 157 Å². The second kappa shape index (κ2) is 12.6. The van der Waals surface area contributed by atoms with E-state index in [0.29, 0.717) is 0 Å². The molecule has 0 saturated carbocycles. The maximum atomic E-state index is 3.01. The smallest absolute Gasteiger partial charge is 0 e. The Morgan fingerprint density at radius 3 is 1.92 bits per heavy atom. The summed E-state index contributed by atoms with van der Waals surface area (Å²) in [7, 11) is 0. The van der Waals surface area contributed by atoms with E-state index in [1.807, 2.05) is 18.2 Å². The quantitative estimate of drug-likeness (QED) is 0.671. The van der Waals surface area contributed by atoms with Gasteiger partial charge in [0.1, 0.15) is 0 Å². The van der Waals surface area contributed by atoms with Crippen molar-refractivity contribution in [2.45, 2.75) is 20.3 Å². The zero-order chi connectivity index (χ0) is 7.40. The number of hydrogen-bond donors (Lipinski definition) is 0. The summed E-state index contributed by atoms with van der Waals surface area (Å²) in [5.41, 5.74) is 1.33. The zero-order valence-electron chi connectivity index (χ0n) is 8.25. The molecule has 1 aromatic rings. The van der Waals surface area contributed by atoms with Crippen LogP contribution in [-0.4, -0.2) is 0 Å². The third kappa shape index (κ3) is 10.8. The molecule has 1 aromatic carbocycles. The molecule has 0 aliphatic heterocycles. The summed E-state index contributed by atoms with van der Waals surface area (Å²) in [4.78, 5) is 0. The van der Waals surface area contributed by atoms with Gasteiger partial charge in [0.25, 0.3) is 0 Å². The van der Waals surface area contributed by atoms with Gasteiger partial charge in [-0.2, -0.15) is 0 Å². The van der Waals surface area contributed by atoms with E-state index in [2.05, 4.69) is 26.0 Å². The van der Waals surface area contributed by atoms with Crippen molar-refractivity contribution in [2.75, 3.05) is 0 Å². The Morgan fingerprint density at radius 2 is 1.54 bits per heavy atom. The summed E-state index contributed by atoms with van der Waals surface area (Å²) in [5, 5.41) is 0. The minimum atomic E-state index is 0. The summed E-state index contributed by atoms with van der Waals surface area (Å²) in [6.07, 6.45) is 1.13. The summed E-state index contributed by atoms with van der Waals surface area (Å²) in [6.45, 7) is 4.43. The van der Waals surface area contributed by atoms with Crippen LogP contribution >= 0.6 is 0 Å². The minimum Gasteiger partial charge on any atom is -0.359 e. The van der Waals surface area contributed by atoms with Gasteiger partial charge in [-0.3, -0.25) is 17.7 Å². The fourth-order valence-electron chi connectivity index (χ4n) is 0.976. The minimum absolute atomic E-state index is 0. The van der Waals surface area contributed by atoms with Crippen molar-refractivity contribution in [1.29, 1.82) is 0 Å². The number of benzene rings is 1. The first-order valence-corrected chi connectivity index (χ1v) is 3.65. The molecule has 0 aromatic heterocycles. The van der Waals surface area contributed by atoms with Crippen LogP contribution in [0.5, 0.6) is 0 Å². The van der Waals surface area contributed by atoms with Crippen LogP contribution in [0.25, 0.3) is 0 Å². The summed E-state index contributed by atoms with van der Waals surface area (Å²) in [6, 6.07) is 11.9. The molecule has 13 heavy (non-hydrogen) atoms. The molecule has 0 aliphatic carbocycles. The van der Waals surface area contributed by atoms with E-state index < -0.39 is 0 Å². The van der Waals surface area contributed by atoms with Crippen molar-refractivity contribution in [3.8, 4) is 0 Å². The fraction of sp³-hybridized carbons (Fsp3) is 0.400. The number of rotatable bonds is 2. The first kappa shape index (κ1) is 20.9. The number of hydrogen-bond acceptors (Lipinski definition) is 0. The molecule has 0 N–H and O–H groups in total. The van der Waals surface area contributed by atoms with Crippen LogP contribution in [0.2, 0.25) is 0 Å². The summed E-state index contributed by atoms with van der Waals surface area (Å²) < 4.78 is 0. The maximum absolute atomic E-state index is 3.01. The molecule has 0 nitrogen and oxygen atoms in total. The normalized spacial score (nSPS) is 7.92. The van der Waals surface area contributed by atoms with Crippen LogP contribution in [0.1, 0.15) is 19.4 Å². The molecule has 3 heteroatoms. The average molecular weight is 399 g/mol. The molecule has 0 unspecified atom stereocenters. The monoisotopic (exact) mass is 399 g/mol. The van der Waals surface area contributed by atoms with Gasteiger partial charge >= 0.3 is 0 Å². The van der Waals surface area contributed by atoms with Gasteiger partial charge in [0.2, 0.25) is 0 Å². The van der Waals surface area contributed by atoms with Crippen LogP contribution in [0.15, 0.2) is 18.2 Å². The van der Waals surface area contributed by atoms with Crippen LogP contribution in [0, 0.1) is 18.1 Å². The van der Waals surface area contributed by atoms with Gasteiger partial charge in [0, 0.05) is 98.1 Å². The predicted octanol–water partition coefficient (Wildman–Crippen LogP) is 2.48. The van der Waals surface area contributed by atoms with E-state index in [-0.39, 0.29) is 98.1 Å². The SMILES string of the molecule is CC(C)Cc1c[c-]c[c-]c1.[Y].[Y].[Y]. The van der Waals surface area contributed by atoms with Gasteiger partial charge in [-0.1, -0.05) is 19.8 Å². The van der Waals surface area contributed by atoms with Gasteiger partial charge in [0.05, 0.1) is 0 Å². The van der Waals surface area contributed by atoms with E-state index in [4.69, 9.17) is 0 Å². The van der Waals surface area contributed by atoms with Gasteiger partial charge < -0.3 is 18.2 Å². The van der Waals surface area contributed by atoms with E-state index in [1.54, 1.807) is 0 Å². The molecule has 0 atom stereocenters. The Bertz CT molecular complexity index is 185. The van der Waals surface area contributed by atoms with Crippen molar-refractivity contribution in [3.05, 3.63) is 35.9 Å². The molecular formula is C10H12Y3-2. The van der Waals surface area contributed by atoms with Crippen LogP contribution < -0.4 is 0 Å². The van der Waals surface area contributed by atoms with Gasteiger partial charge in [0.15, 0.2) is 0 Å². The largest absolute Gasteiger partial charge is 0.359 e. The Kier molecular flexibility index (Phi) is 20.2. The molecule has 3 radical (unpaired) electrons. The Balaban J connectivity index is -0.000000333. The second-order valence-electron chi connectivity index (χ2n) is 2.94. The maximum Gasteiger partial charge on any atom is 0 e. The second-order valence-corrected chi connectivity index (χ2v) is 2.94. The molecule has 0 aliphatic rings. The molecule has 0 heterocycles.